The normalized spacial score (nSPS) is 29.6. The number of benzene rings is 1. The predicted octanol–water partition coefficient (Wildman–Crippen LogP) is 5.08. The van der Waals surface area contributed by atoms with E-state index in [0.29, 0.717) is 11.7 Å². The fraction of sp³-hybridized carbons (Fsp3) is 0.609. The van der Waals surface area contributed by atoms with Gasteiger partial charge in [0.15, 0.2) is 5.78 Å². The molecular formula is C23H34NO+. The first-order valence-electron chi connectivity index (χ1n) is 9.86. The zero-order valence-electron chi connectivity index (χ0n) is 16.9. The second-order valence-electron chi connectivity index (χ2n) is 9.23. The van der Waals surface area contributed by atoms with Crippen LogP contribution in [0.1, 0.15) is 58.6 Å². The van der Waals surface area contributed by atoms with Gasteiger partial charge in [-0.15, -0.1) is 0 Å². The summed E-state index contributed by atoms with van der Waals surface area (Å²) in [6.07, 6.45) is 4.36. The lowest BCUT2D eigenvalue weighted by atomic mass is 9.70. The Balaban J connectivity index is 1.83. The Bertz CT molecular complexity index is 693. The fourth-order valence-corrected chi connectivity index (χ4v) is 4.88. The van der Waals surface area contributed by atoms with Crippen molar-refractivity contribution in [3.05, 3.63) is 41.0 Å². The van der Waals surface area contributed by atoms with E-state index < -0.39 is 0 Å². The lowest BCUT2D eigenvalue weighted by molar-refractivity contribution is -0.919. The second kappa shape index (κ2) is 6.09. The molecule has 136 valence electrons. The summed E-state index contributed by atoms with van der Waals surface area (Å²) in [6, 6.07) is 8.84. The van der Waals surface area contributed by atoms with E-state index in [9.17, 15) is 4.79 Å². The highest BCUT2D eigenvalue weighted by molar-refractivity contribution is 6.07. The Morgan fingerprint density at radius 1 is 1.12 bits per heavy atom. The van der Waals surface area contributed by atoms with Crippen LogP contribution in [0.25, 0.3) is 6.08 Å². The van der Waals surface area contributed by atoms with Gasteiger partial charge in [0.2, 0.25) is 0 Å². The lowest BCUT2D eigenvalue weighted by Crippen LogP contribution is -2.42. The van der Waals surface area contributed by atoms with E-state index in [-0.39, 0.29) is 10.8 Å². The van der Waals surface area contributed by atoms with E-state index in [0.717, 1.165) is 42.5 Å². The maximum Gasteiger partial charge on any atom is 0.165 e. The number of allylic oxidation sites excluding steroid dienone is 1. The molecule has 2 saturated carbocycles. The number of fused-ring (bicyclic) bond motifs is 2. The number of hydrogen-bond donors (Lipinski definition) is 0. The fourth-order valence-electron chi connectivity index (χ4n) is 4.88. The van der Waals surface area contributed by atoms with Crippen LogP contribution in [0, 0.1) is 16.7 Å². The summed E-state index contributed by atoms with van der Waals surface area (Å²) >= 11 is 0. The maximum atomic E-state index is 13.0. The summed E-state index contributed by atoms with van der Waals surface area (Å²) in [4.78, 5) is 13.0. The molecule has 2 aliphatic carbocycles. The van der Waals surface area contributed by atoms with E-state index in [2.05, 4.69) is 72.0 Å². The van der Waals surface area contributed by atoms with Gasteiger partial charge >= 0.3 is 0 Å². The molecule has 25 heavy (non-hydrogen) atoms. The van der Waals surface area contributed by atoms with Gasteiger partial charge in [-0.25, -0.2) is 0 Å². The van der Waals surface area contributed by atoms with Crippen LogP contribution in [0.2, 0.25) is 0 Å². The minimum atomic E-state index is -0.162. The van der Waals surface area contributed by atoms with Gasteiger partial charge in [0, 0.05) is 11.0 Å². The van der Waals surface area contributed by atoms with Crippen LogP contribution in [0.4, 0.5) is 0 Å². The van der Waals surface area contributed by atoms with Crippen molar-refractivity contribution in [2.24, 2.45) is 16.7 Å². The summed E-state index contributed by atoms with van der Waals surface area (Å²) in [5.74, 6) is 0.809. The van der Waals surface area contributed by atoms with Crippen molar-refractivity contribution in [3.63, 3.8) is 0 Å². The number of carbonyl (C=O) groups excluding carboxylic acids is 1. The maximum absolute atomic E-state index is 13.0. The molecule has 0 aliphatic heterocycles. The molecule has 2 heteroatoms. The SMILES string of the molecule is CC[N+](C)(CC)Cc1ccc(C=C2C(=O)C3(C)CCC2C3(C)C)cc1. The highest BCUT2D eigenvalue weighted by Crippen LogP contribution is 2.65. The van der Waals surface area contributed by atoms with Crippen LogP contribution >= 0.6 is 0 Å². The van der Waals surface area contributed by atoms with E-state index in [1.165, 1.54) is 11.1 Å². The molecule has 2 fully saturated rings. The van der Waals surface area contributed by atoms with Crippen molar-refractivity contribution in [2.75, 3.05) is 20.1 Å². The summed E-state index contributed by atoms with van der Waals surface area (Å²) in [6.45, 7) is 14.6. The number of carbonyl (C=O) groups is 1. The molecule has 2 bridgehead atoms. The van der Waals surface area contributed by atoms with Gasteiger partial charge in [-0.1, -0.05) is 45.0 Å². The van der Waals surface area contributed by atoms with Crippen molar-refractivity contribution in [2.45, 2.75) is 54.0 Å². The minimum absolute atomic E-state index is 0.0946. The summed E-state index contributed by atoms with van der Waals surface area (Å²) in [7, 11) is 2.31. The molecule has 1 aromatic rings. The Labute approximate surface area is 153 Å². The molecule has 0 radical (unpaired) electrons. The molecule has 2 aliphatic rings. The number of nitrogens with zero attached hydrogens (tertiary/aromatic N) is 1. The standard InChI is InChI=1S/C23H34NO/c1-7-24(6,8-2)16-18-11-9-17(10-12-18)15-19-20-13-14-23(5,21(19)25)22(20,3)4/h9-12,15,20H,7-8,13-14,16H2,1-6H3/q+1. The molecule has 0 amide bonds. The predicted molar refractivity (Wildman–Crippen MR) is 105 cm³/mol. The van der Waals surface area contributed by atoms with Crippen LogP contribution < -0.4 is 0 Å². The van der Waals surface area contributed by atoms with Crippen LogP contribution in [0.5, 0.6) is 0 Å². The number of rotatable bonds is 5. The Morgan fingerprint density at radius 2 is 1.72 bits per heavy atom. The molecule has 3 rings (SSSR count). The molecule has 0 spiro atoms. The van der Waals surface area contributed by atoms with Crippen LogP contribution in [0.3, 0.4) is 0 Å². The first-order chi connectivity index (χ1) is 11.7. The van der Waals surface area contributed by atoms with Gasteiger partial charge in [-0.2, -0.15) is 0 Å². The number of quaternary nitrogens is 1. The van der Waals surface area contributed by atoms with Gasteiger partial charge in [0.1, 0.15) is 6.54 Å². The smallest absolute Gasteiger partial charge is 0.165 e. The zero-order chi connectivity index (χ0) is 18.5. The summed E-state index contributed by atoms with van der Waals surface area (Å²) < 4.78 is 1.06. The number of hydrogen-bond acceptors (Lipinski definition) is 1. The van der Waals surface area contributed by atoms with Crippen LogP contribution in [-0.4, -0.2) is 30.4 Å². The van der Waals surface area contributed by atoms with Crippen LogP contribution in [-0.2, 0) is 11.3 Å². The molecule has 2 unspecified atom stereocenters. The molecule has 0 saturated heterocycles. The van der Waals surface area contributed by atoms with Gasteiger partial charge < -0.3 is 4.48 Å². The highest BCUT2D eigenvalue weighted by Gasteiger charge is 2.63. The Morgan fingerprint density at radius 3 is 2.20 bits per heavy atom. The average Bonchev–Trinajstić information content (AvgIpc) is 2.90. The van der Waals surface area contributed by atoms with Gasteiger partial charge in [0.25, 0.3) is 0 Å². The van der Waals surface area contributed by atoms with E-state index >= 15 is 0 Å². The van der Waals surface area contributed by atoms with Gasteiger partial charge in [-0.3, -0.25) is 4.79 Å². The largest absolute Gasteiger partial charge is 0.323 e. The van der Waals surface area contributed by atoms with Crippen molar-refractivity contribution in [3.8, 4) is 0 Å². The molecule has 0 aromatic heterocycles. The van der Waals surface area contributed by atoms with Gasteiger partial charge in [0.05, 0.1) is 20.1 Å². The molecule has 1 aromatic carbocycles. The van der Waals surface area contributed by atoms with E-state index in [1.54, 1.807) is 0 Å². The zero-order valence-corrected chi connectivity index (χ0v) is 16.9. The molecule has 2 nitrogen and oxygen atoms in total. The molecule has 0 heterocycles. The molecule has 0 N–H and O–H groups in total. The Hall–Kier alpha value is -1.41. The summed E-state index contributed by atoms with van der Waals surface area (Å²) in [5.41, 5.74) is 3.54. The van der Waals surface area contributed by atoms with E-state index in [4.69, 9.17) is 0 Å². The van der Waals surface area contributed by atoms with Crippen molar-refractivity contribution in [1.82, 2.24) is 0 Å². The second-order valence-corrected chi connectivity index (χ2v) is 9.23. The van der Waals surface area contributed by atoms with Crippen molar-refractivity contribution in [1.29, 1.82) is 0 Å². The summed E-state index contributed by atoms with van der Waals surface area (Å²) in [5, 5.41) is 0. The third-order valence-electron chi connectivity index (χ3n) is 7.76. The topological polar surface area (TPSA) is 17.1 Å². The quantitative estimate of drug-likeness (QED) is 0.539. The first-order valence-corrected chi connectivity index (χ1v) is 9.86. The number of ketones is 1. The minimum Gasteiger partial charge on any atom is -0.323 e. The molecule has 2 atom stereocenters. The number of Topliss-reactive ketones (excluding diaryl/α,β-unsaturated/α-hetero) is 1. The third-order valence-corrected chi connectivity index (χ3v) is 7.76. The third kappa shape index (κ3) is 2.79. The van der Waals surface area contributed by atoms with Crippen molar-refractivity contribution < 1.29 is 9.28 Å². The van der Waals surface area contributed by atoms with Gasteiger partial charge in [-0.05, 0) is 55.2 Å². The Kier molecular flexibility index (Phi) is 4.48. The van der Waals surface area contributed by atoms with Crippen LogP contribution in [0.15, 0.2) is 29.8 Å². The van der Waals surface area contributed by atoms with E-state index in [1.807, 2.05) is 0 Å². The average molecular weight is 341 g/mol. The lowest BCUT2D eigenvalue weighted by Gasteiger charge is -2.32. The highest BCUT2D eigenvalue weighted by atomic mass is 16.1. The monoisotopic (exact) mass is 340 g/mol. The van der Waals surface area contributed by atoms with Crippen molar-refractivity contribution >= 4 is 11.9 Å². The first kappa shape index (κ1) is 18.4. The molecular weight excluding hydrogens is 306 g/mol.